The summed E-state index contributed by atoms with van der Waals surface area (Å²) >= 11 is 0. The monoisotopic (exact) mass is 344 g/mol. The summed E-state index contributed by atoms with van der Waals surface area (Å²) in [7, 11) is 0. The van der Waals surface area contributed by atoms with Gasteiger partial charge in [-0.2, -0.15) is 0 Å². The molecule has 1 amide bonds. The number of likely N-dealkylation sites (tertiary alicyclic amines) is 1. The topological polar surface area (TPSA) is 32.3 Å². The van der Waals surface area contributed by atoms with Gasteiger partial charge in [0.25, 0.3) is 0 Å². The highest BCUT2D eigenvalue weighted by Gasteiger charge is 2.15. The molecule has 1 unspecified atom stereocenters. The van der Waals surface area contributed by atoms with Crippen molar-refractivity contribution in [2.24, 2.45) is 5.92 Å². The number of nitrogens with one attached hydrogen (secondary N) is 1. The SMILES string of the molecule is CC(C)Cc1ccc(C(C)C(=O)NCCCCN2CCCCC2)cc1. The average Bonchev–Trinajstić information content (AvgIpc) is 2.61. The van der Waals surface area contributed by atoms with Crippen LogP contribution in [0.4, 0.5) is 0 Å². The lowest BCUT2D eigenvalue weighted by Gasteiger charge is -2.26. The van der Waals surface area contributed by atoms with Crippen molar-refractivity contribution in [2.45, 2.75) is 65.2 Å². The molecular formula is C22H36N2O. The van der Waals surface area contributed by atoms with Crippen LogP contribution in [0.25, 0.3) is 0 Å². The van der Waals surface area contributed by atoms with E-state index in [-0.39, 0.29) is 11.8 Å². The second-order valence-corrected chi connectivity index (χ2v) is 7.96. The van der Waals surface area contributed by atoms with Crippen molar-refractivity contribution in [3.63, 3.8) is 0 Å². The molecule has 1 aromatic carbocycles. The zero-order chi connectivity index (χ0) is 18.1. The molecule has 0 spiro atoms. The van der Waals surface area contributed by atoms with Crippen LogP contribution in [0.15, 0.2) is 24.3 Å². The van der Waals surface area contributed by atoms with Crippen LogP contribution in [0.5, 0.6) is 0 Å². The molecule has 0 aromatic heterocycles. The normalized spacial score (nSPS) is 16.8. The number of piperidine rings is 1. The number of amides is 1. The highest BCUT2D eigenvalue weighted by molar-refractivity contribution is 5.83. The summed E-state index contributed by atoms with van der Waals surface area (Å²) in [4.78, 5) is 14.9. The molecule has 0 radical (unpaired) electrons. The summed E-state index contributed by atoms with van der Waals surface area (Å²) in [5, 5.41) is 3.11. The quantitative estimate of drug-likeness (QED) is 0.675. The minimum absolute atomic E-state index is 0.0739. The molecule has 1 fully saturated rings. The van der Waals surface area contributed by atoms with E-state index in [1.54, 1.807) is 0 Å². The van der Waals surface area contributed by atoms with Gasteiger partial charge in [-0.1, -0.05) is 44.5 Å². The smallest absolute Gasteiger partial charge is 0.227 e. The Bertz CT molecular complexity index is 503. The van der Waals surface area contributed by atoms with Crippen molar-refractivity contribution >= 4 is 5.91 Å². The molecule has 1 atom stereocenters. The summed E-state index contributed by atoms with van der Waals surface area (Å²) in [6.45, 7) is 11.0. The van der Waals surface area contributed by atoms with Crippen LogP contribution in [0.1, 0.15) is 69.9 Å². The fraction of sp³-hybridized carbons (Fsp3) is 0.682. The molecule has 140 valence electrons. The lowest BCUT2D eigenvalue weighted by molar-refractivity contribution is -0.122. The number of nitrogens with zero attached hydrogens (tertiary/aromatic N) is 1. The van der Waals surface area contributed by atoms with Gasteiger partial charge < -0.3 is 10.2 Å². The minimum Gasteiger partial charge on any atom is -0.356 e. The molecule has 3 nitrogen and oxygen atoms in total. The molecule has 3 heteroatoms. The van der Waals surface area contributed by atoms with E-state index in [0.29, 0.717) is 5.92 Å². The fourth-order valence-corrected chi connectivity index (χ4v) is 3.57. The number of rotatable bonds is 9. The molecule has 0 bridgehead atoms. The van der Waals surface area contributed by atoms with Gasteiger partial charge in [0, 0.05) is 6.54 Å². The summed E-state index contributed by atoms with van der Waals surface area (Å²) < 4.78 is 0. The van der Waals surface area contributed by atoms with Crippen LogP contribution < -0.4 is 5.32 Å². The first-order chi connectivity index (χ1) is 12.1. The van der Waals surface area contributed by atoms with E-state index in [0.717, 1.165) is 24.9 Å². The molecule has 25 heavy (non-hydrogen) atoms. The maximum atomic E-state index is 12.3. The lowest BCUT2D eigenvalue weighted by Crippen LogP contribution is -2.32. The predicted octanol–water partition coefficient (Wildman–Crippen LogP) is 4.37. The maximum absolute atomic E-state index is 12.3. The van der Waals surface area contributed by atoms with Crippen molar-refractivity contribution in [3.8, 4) is 0 Å². The number of unbranched alkanes of at least 4 members (excludes halogenated alkanes) is 1. The largest absolute Gasteiger partial charge is 0.356 e. The number of hydrogen-bond acceptors (Lipinski definition) is 2. The Hall–Kier alpha value is -1.35. The van der Waals surface area contributed by atoms with E-state index in [1.807, 2.05) is 6.92 Å². The van der Waals surface area contributed by atoms with Crippen LogP contribution in [0, 0.1) is 5.92 Å². The molecule has 0 saturated carbocycles. The van der Waals surface area contributed by atoms with Crippen molar-refractivity contribution in [1.29, 1.82) is 0 Å². The highest BCUT2D eigenvalue weighted by Crippen LogP contribution is 2.17. The van der Waals surface area contributed by atoms with Gasteiger partial charge in [-0.25, -0.2) is 0 Å². The van der Waals surface area contributed by atoms with Crippen LogP contribution in [-0.4, -0.2) is 37.0 Å². The number of hydrogen-bond donors (Lipinski definition) is 1. The maximum Gasteiger partial charge on any atom is 0.227 e. The standard InChI is InChI=1S/C22H36N2O/c1-18(2)17-20-9-11-21(12-10-20)19(3)22(25)23-13-5-8-16-24-14-6-4-7-15-24/h9-12,18-19H,4-8,13-17H2,1-3H3,(H,23,25). The molecular weight excluding hydrogens is 308 g/mol. The van der Waals surface area contributed by atoms with Crippen LogP contribution in [0.2, 0.25) is 0 Å². The fourth-order valence-electron chi connectivity index (χ4n) is 3.57. The van der Waals surface area contributed by atoms with Gasteiger partial charge in [0.1, 0.15) is 0 Å². The summed E-state index contributed by atoms with van der Waals surface area (Å²) in [5.41, 5.74) is 2.46. The van der Waals surface area contributed by atoms with E-state index in [4.69, 9.17) is 0 Å². The molecule has 1 N–H and O–H groups in total. The van der Waals surface area contributed by atoms with E-state index in [2.05, 4.69) is 48.3 Å². The van der Waals surface area contributed by atoms with Gasteiger partial charge in [0.05, 0.1) is 5.92 Å². The molecule has 1 aliphatic rings. The number of carbonyl (C=O) groups excluding carboxylic acids is 1. The van der Waals surface area contributed by atoms with Crippen LogP contribution >= 0.6 is 0 Å². The first-order valence-electron chi connectivity index (χ1n) is 10.1. The van der Waals surface area contributed by atoms with Gasteiger partial charge in [0.15, 0.2) is 0 Å². The summed E-state index contributed by atoms with van der Waals surface area (Å²) in [5.74, 6) is 0.737. The second-order valence-electron chi connectivity index (χ2n) is 7.96. The minimum atomic E-state index is -0.0739. The Kier molecular flexibility index (Phi) is 8.47. The molecule has 0 aliphatic carbocycles. The third kappa shape index (κ3) is 7.19. The van der Waals surface area contributed by atoms with Crippen molar-refractivity contribution in [2.75, 3.05) is 26.2 Å². The molecule has 1 saturated heterocycles. The zero-order valence-electron chi connectivity index (χ0n) is 16.4. The Morgan fingerprint density at radius 1 is 1.04 bits per heavy atom. The van der Waals surface area contributed by atoms with Crippen molar-refractivity contribution in [1.82, 2.24) is 10.2 Å². The molecule has 2 rings (SSSR count). The number of carbonyl (C=O) groups is 1. The average molecular weight is 345 g/mol. The molecule has 1 aromatic rings. The van der Waals surface area contributed by atoms with Crippen LogP contribution in [0.3, 0.4) is 0 Å². The highest BCUT2D eigenvalue weighted by atomic mass is 16.1. The van der Waals surface area contributed by atoms with E-state index in [9.17, 15) is 4.79 Å². The van der Waals surface area contributed by atoms with Crippen LogP contribution in [-0.2, 0) is 11.2 Å². The van der Waals surface area contributed by atoms with E-state index in [1.165, 1.54) is 50.9 Å². The van der Waals surface area contributed by atoms with Gasteiger partial charge in [-0.05, 0) is 75.7 Å². The van der Waals surface area contributed by atoms with Crippen molar-refractivity contribution in [3.05, 3.63) is 35.4 Å². The van der Waals surface area contributed by atoms with Gasteiger partial charge in [-0.3, -0.25) is 4.79 Å². The third-order valence-corrected chi connectivity index (χ3v) is 5.17. The Morgan fingerprint density at radius 3 is 2.36 bits per heavy atom. The predicted molar refractivity (Wildman–Crippen MR) is 106 cm³/mol. The molecule has 1 heterocycles. The van der Waals surface area contributed by atoms with Gasteiger partial charge in [-0.15, -0.1) is 0 Å². The Labute approximate surface area is 154 Å². The Balaban J connectivity index is 1.65. The summed E-state index contributed by atoms with van der Waals surface area (Å²) in [6, 6.07) is 8.55. The third-order valence-electron chi connectivity index (χ3n) is 5.17. The van der Waals surface area contributed by atoms with E-state index < -0.39 is 0 Å². The Morgan fingerprint density at radius 2 is 1.72 bits per heavy atom. The van der Waals surface area contributed by atoms with Crippen molar-refractivity contribution < 1.29 is 4.79 Å². The number of benzene rings is 1. The van der Waals surface area contributed by atoms with E-state index >= 15 is 0 Å². The zero-order valence-corrected chi connectivity index (χ0v) is 16.4. The summed E-state index contributed by atoms with van der Waals surface area (Å²) in [6.07, 6.45) is 7.44. The first-order valence-corrected chi connectivity index (χ1v) is 10.1. The lowest BCUT2D eigenvalue weighted by atomic mass is 9.96. The first kappa shape index (κ1) is 20.0. The second kappa shape index (κ2) is 10.6. The molecule has 1 aliphatic heterocycles. The van der Waals surface area contributed by atoms with Gasteiger partial charge in [0.2, 0.25) is 5.91 Å². The van der Waals surface area contributed by atoms with Gasteiger partial charge >= 0.3 is 0 Å².